The Morgan fingerprint density at radius 3 is 2.83 bits per heavy atom. The van der Waals surface area contributed by atoms with Gasteiger partial charge < -0.3 is 10.1 Å². The Morgan fingerprint density at radius 1 is 1.39 bits per heavy atom. The molecule has 1 aromatic rings. The molecule has 1 aliphatic carbocycles. The Labute approximate surface area is 113 Å². The Bertz CT molecular complexity index is 407. The van der Waals surface area contributed by atoms with Gasteiger partial charge in [-0.3, -0.25) is 0 Å². The number of nitrogens with one attached hydrogen (secondary N) is 1. The van der Waals surface area contributed by atoms with Crippen LogP contribution in [0.4, 0.5) is 5.82 Å². The highest BCUT2D eigenvalue weighted by atomic mass is 35.5. The Kier molecular flexibility index (Phi) is 4.78. The summed E-state index contributed by atoms with van der Waals surface area (Å²) in [6.07, 6.45) is 3.33. The Morgan fingerprint density at radius 2 is 2.17 bits per heavy atom. The molecule has 100 valence electrons. The van der Waals surface area contributed by atoms with Gasteiger partial charge in [0.25, 0.3) is 0 Å². The van der Waals surface area contributed by atoms with Crippen molar-refractivity contribution in [1.29, 1.82) is 0 Å². The molecular weight excluding hydrogens is 250 g/mol. The molecule has 1 aromatic heterocycles. The van der Waals surface area contributed by atoms with Gasteiger partial charge in [0.2, 0.25) is 0 Å². The number of rotatable bonds is 7. The number of halogens is 1. The van der Waals surface area contributed by atoms with Crippen molar-refractivity contribution in [2.75, 3.05) is 25.1 Å². The summed E-state index contributed by atoms with van der Waals surface area (Å²) in [5.41, 5.74) is 0.928. The Hall–Kier alpha value is -0.870. The average Bonchev–Trinajstić information content (AvgIpc) is 3.18. The highest BCUT2D eigenvalue weighted by Crippen LogP contribution is 2.39. The topological polar surface area (TPSA) is 47.0 Å². The van der Waals surface area contributed by atoms with E-state index in [1.807, 2.05) is 13.8 Å². The van der Waals surface area contributed by atoms with Gasteiger partial charge in [-0.1, -0.05) is 11.6 Å². The molecule has 0 saturated heterocycles. The number of hydrogen-bond donors (Lipinski definition) is 1. The summed E-state index contributed by atoms with van der Waals surface area (Å²) < 4.78 is 5.30. The van der Waals surface area contributed by atoms with Crippen molar-refractivity contribution >= 4 is 17.4 Å². The van der Waals surface area contributed by atoms with Crippen molar-refractivity contribution in [2.45, 2.75) is 39.0 Å². The fourth-order valence-corrected chi connectivity index (χ4v) is 1.90. The quantitative estimate of drug-likeness (QED) is 0.610. The maximum atomic E-state index is 6.14. The lowest BCUT2D eigenvalue weighted by molar-refractivity contribution is 0.147. The van der Waals surface area contributed by atoms with Crippen LogP contribution in [-0.2, 0) is 4.74 Å². The zero-order chi connectivity index (χ0) is 13.0. The van der Waals surface area contributed by atoms with E-state index >= 15 is 0 Å². The van der Waals surface area contributed by atoms with Crippen LogP contribution < -0.4 is 5.32 Å². The minimum absolute atomic E-state index is 0.520. The molecule has 2 rings (SSSR count). The first kappa shape index (κ1) is 13.6. The van der Waals surface area contributed by atoms with Gasteiger partial charge in [-0.25, -0.2) is 9.97 Å². The van der Waals surface area contributed by atoms with Gasteiger partial charge in [0, 0.05) is 31.2 Å². The number of ether oxygens (including phenoxy) is 1. The maximum Gasteiger partial charge on any atom is 0.137 e. The second kappa shape index (κ2) is 6.34. The monoisotopic (exact) mass is 269 g/mol. The third-order valence-electron chi connectivity index (χ3n) is 3.01. The van der Waals surface area contributed by atoms with Crippen LogP contribution in [0.5, 0.6) is 0 Å². The molecule has 0 spiro atoms. The van der Waals surface area contributed by atoms with E-state index in [2.05, 4.69) is 15.3 Å². The molecule has 1 saturated carbocycles. The molecule has 0 atom stereocenters. The zero-order valence-corrected chi connectivity index (χ0v) is 11.8. The summed E-state index contributed by atoms with van der Waals surface area (Å²) in [6.45, 7) is 6.34. The van der Waals surface area contributed by atoms with Gasteiger partial charge in [-0.2, -0.15) is 0 Å². The number of hydrogen-bond acceptors (Lipinski definition) is 4. The second-order valence-electron chi connectivity index (χ2n) is 4.60. The lowest BCUT2D eigenvalue weighted by Crippen LogP contribution is -2.10. The van der Waals surface area contributed by atoms with E-state index in [4.69, 9.17) is 16.3 Å². The molecule has 0 radical (unpaired) electrons. The molecule has 0 aromatic carbocycles. The number of anilines is 1. The van der Waals surface area contributed by atoms with E-state index in [0.29, 0.717) is 11.1 Å². The van der Waals surface area contributed by atoms with E-state index in [9.17, 15) is 0 Å². The molecule has 1 aliphatic rings. The van der Waals surface area contributed by atoms with E-state index in [-0.39, 0.29) is 0 Å². The van der Waals surface area contributed by atoms with Crippen LogP contribution in [0.2, 0.25) is 5.15 Å². The van der Waals surface area contributed by atoms with E-state index < -0.39 is 0 Å². The van der Waals surface area contributed by atoms with Crippen LogP contribution in [0.15, 0.2) is 0 Å². The van der Waals surface area contributed by atoms with Gasteiger partial charge in [0.1, 0.15) is 16.8 Å². The molecule has 1 N–H and O–H groups in total. The van der Waals surface area contributed by atoms with Crippen LogP contribution in [0, 0.1) is 6.92 Å². The molecular formula is C13H20ClN3O. The van der Waals surface area contributed by atoms with Gasteiger partial charge in [0.15, 0.2) is 0 Å². The van der Waals surface area contributed by atoms with Crippen LogP contribution >= 0.6 is 11.6 Å². The van der Waals surface area contributed by atoms with Crippen molar-refractivity contribution in [3.63, 3.8) is 0 Å². The van der Waals surface area contributed by atoms with E-state index in [1.54, 1.807) is 0 Å². The van der Waals surface area contributed by atoms with Crippen molar-refractivity contribution in [3.05, 3.63) is 16.5 Å². The highest BCUT2D eigenvalue weighted by molar-refractivity contribution is 6.30. The standard InChI is InChI=1S/C13H20ClN3O/c1-3-18-8-4-7-15-12-9(2)11(14)16-13(17-12)10-5-6-10/h10H,3-8H2,1-2H3,(H,15,16,17). The molecule has 0 amide bonds. The number of aromatic nitrogens is 2. The lowest BCUT2D eigenvalue weighted by atomic mass is 10.3. The molecule has 18 heavy (non-hydrogen) atoms. The van der Waals surface area contributed by atoms with Crippen LogP contribution in [-0.4, -0.2) is 29.7 Å². The molecule has 0 unspecified atom stereocenters. The molecule has 0 bridgehead atoms. The van der Waals surface area contributed by atoms with Crippen LogP contribution in [0.1, 0.15) is 43.5 Å². The average molecular weight is 270 g/mol. The minimum Gasteiger partial charge on any atom is -0.382 e. The lowest BCUT2D eigenvalue weighted by Gasteiger charge is -2.11. The van der Waals surface area contributed by atoms with E-state index in [1.165, 1.54) is 12.8 Å². The maximum absolute atomic E-state index is 6.14. The summed E-state index contributed by atoms with van der Waals surface area (Å²) in [4.78, 5) is 8.91. The molecule has 0 aliphatic heterocycles. The summed E-state index contributed by atoms with van der Waals surface area (Å²) in [6, 6.07) is 0. The third-order valence-corrected chi connectivity index (χ3v) is 3.38. The molecule has 1 fully saturated rings. The third kappa shape index (κ3) is 3.56. The first-order valence-electron chi connectivity index (χ1n) is 6.58. The van der Waals surface area contributed by atoms with Gasteiger partial charge in [0.05, 0.1) is 0 Å². The Balaban J connectivity index is 1.93. The molecule has 5 heteroatoms. The van der Waals surface area contributed by atoms with Gasteiger partial charge in [-0.15, -0.1) is 0 Å². The number of nitrogens with zero attached hydrogens (tertiary/aromatic N) is 2. The van der Waals surface area contributed by atoms with Crippen LogP contribution in [0.3, 0.4) is 0 Å². The first-order valence-corrected chi connectivity index (χ1v) is 6.95. The normalized spacial score (nSPS) is 14.8. The van der Waals surface area contributed by atoms with Crippen molar-refractivity contribution < 1.29 is 4.74 Å². The second-order valence-corrected chi connectivity index (χ2v) is 4.96. The van der Waals surface area contributed by atoms with Crippen LogP contribution in [0.25, 0.3) is 0 Å². The summed E-state index contributed by atoms with van der Waals surface area (Å²) in [7, 11) is 0. The first-order chi connectivity index (χ1) is 8.72. The van der Waals surface area contributed by atoms with Gasteiger partial charge in [-0.05, 0) is 33.1 Å². The minimum atomic E-state index is 0.520. The van der Waals surface area contributed by atoms with Crippen molar-refractivity contribution in [1.82, 2.24) is 9.97 Å². The summed E-state index contributed by atoms with van der Waals surface area (Å²) in [5.74, 6) is 2.28. The molecule has 1 heterocycles. The zero-order valence-electron chi connectivity index (χ0n) is 11.0. The smallest absolute Gasteiger partial charge is 0.137 e. The summed E-state index contributed by atoms with van der Waals surface area (Å²) >= 11 is 6.14. The van der Waals surface area contributed by atoms with Gasteiger partial charge >= 0.3 is 0 Å². The SMILES string of the molecule is CCOCCCNc1nc(C2CC2)nc(Cl)c1C. The fraction of sp³-hybridized carbons (Fsp3) is 0.692. The fourth-order valence-electron chi connectivity index (χ4n) is 1.73. The predicted molar refractivity (Wildman–Crippen MR) is 73.4 cm³/mol. The van der Waals surface area contributed by atoms with Crippen molar-refractivity contribution in [3.8, 4) is 0 Å². The molecule has 4 nitrogen and oxygen atoms in total. The predicted octanol–water partition coefficient (Wildman–Crippen LogP) is 3.15. The summed E-state index contributed by atoms with van der Waals surface area (Å²) in [5, 5.41) is 3.89. The highest BCUT2D eigenvalue weighted by Gasteiger charge is 2.27. The van der Waals surface area contributed by atoms with E-state index in [0.717, 1.165) is 43.4 Å². The largest absolute Gasteiger partial charge is 0.382 e. The van der Waals surface area contributed by atoms with Crippen molar-refractivity contribution in [2.24, 2.45) is 0 Å².